The summed E-state index contributed by atoms with van der Waals surface area (Å²) < 4.78 is 0. The number of aromatic amines is 1. The number of hydrogen-bond acceptors (Lipinski definition) is 5. The zero-order valence-electron chi connectivity index (χ0n) is 17.6. The Morgan fingerprint density at radius 1 is 1.09 bits per heavy atom. The number of nitrogens with one attached hydrogen (secondary N) is 1. The Labute approximate surface area is 194 Å². The van der Waals surface area contributed by atoms with Gasteiger partial charge in [0.25, 0.3) is 0 Å². The molecule has 3 heterocycles. The van der Waals surface area contributed by atoms with Gasteiger partial charge in [0.05, 0.1) is 0 Å². The van der Waals surface area contributed by atoms with Gasteiger partial charge in [-0.15, -0.1) is 11.3 Å². The number of fused-ring (bicyclic) bond motifs is 1. The van der Waals surface area contributed by atoms with Crippen LogP contribution in [0.5, 0.6) is 5.75 Å². The highest BCUT2D eigenvalue weighted by Gasteiger charge is 2.56. The second kappa shape index (κ2) is 7.29. The number of carbonyl (C=O) groups is 2. The molecular formula is C25H21ClN2O3S. The van der Waals surface area contributed by atoms with Crippen molar-refractivity contribution in [3.05, 3.63) is 70.3 Å². The first kappa shape index (κ1) is 20.9. The molecule has 1 fully saturated rings. The number of Topliss-reactive ketones (excluding diaryl/α,β-unsaturated/α-hetero) is 2. The molecule has 5 rings (SSSR count). The number of hydrogen-bond donors (Lipinski definition) is 2. The van der Waals surface area contributed by atoms with Crippen molar-refractivity contribution >= 4 is 45.5 Å². The lowest BCUT2D eigenvalue weighted by molar-refractivity contribution is -0.140. The Hall–Kier alpha value is -2.96. The average Bonchev–Trinajstić information content (AvgIpc) is 3.40. The first-order chi connectivity index (χ1) is 15.2. The molecule has 0 aliphatic heterocycles. The van der Waals surface area contributed by atoms with Crippen molar-refractivity contribution in [1.82, 2.24) is 9.97 Å². The van der Waals surface area contributed by atoms with Crippen LogP contribution in [0.15, 0.2) is 54.2 Å². The van der Waals surface area contributed by atoms with E-state index in [9.17, 15) is 14.7 Å². The van der Waals surface area contributed by atoms with Crippen LogP contribution in [0.1, 0.15) is 37.8 Å². The van der Waals surface area contributed by atoms with Gasteiger partial charge in [-0.3, -0.25) is 9.59 Å². The topological polar surface area (TPSA) is 83.0 Å². The fraction of sp³-hybridized carbons (Fsp3) is 0.240. The standard InChI is InChI=1S/C25H21ClN2O3S/c1-24(2)10-21(30)25(22(31)11-24,17-9-15(29)5-6-19(17)26)18-13-28-23-16(18)8-14(12-27-23)20-4-3-7-32-20/h3-9,12-13,29H,10-11H2,1-2H3,(H,27,28). The molecule has 1 saturated carbocycles. The Bertz CT molecular complexity index is 1350. The molecular weight excluding hydrogens is 444 g/mol. The molecule has 7 heteroatoms. The van der Waals surface area contributed by atoms with E-state index in [-0.39, 0.29) is 35.2 Å². The SMILES string of the molecule is CC1(C)CC(=O)C(c2cc(O)ccc2Cl)(c2c[nH]c3ncc(-c4cccs4)cc23)C(=O)C1. The molecule has 0 bridgehead atoms. The van der Waals surface area contributed by atoms with Gasteiger partial charge < -0.3 is 10.1 Å². The average molecular weight is 465 g/mol. The van der Waals surface area contributed by atoms with Crippen molar-refractivity contribution in [2.75, 3.05) is 0 Å². The van der Waals surface area contributed by atoms with Gasteiger partial charge in [0.1, 0.15) is 16.8 Å². The summed E-state index contributed by atoms with van der Waals surface area (Å²) in [5.41, 5.74) is 0.263. The molecule has 1 aromatic carbocycles. The summed E-state index contributed by atoms with van der Waals surface area (Å²) in [6.45, 7) is 3.84. The second-order valence-electron chi connectivity index (χ2n) is 9.08. The first-order valence-corrected chi connectivity index (χ1v) is 11.6. The number of carbonyl (C=O) groups excluding carboxylic acids is 2. The van der Waals surface area contributed by atoms with Gasteiger partial charge in [-0.05, 0) is 46.7 Å². The molecule has 32 heavy (non-hydrogen) atoms. The number of nitrogens with zero attached hydrogens (tertiary/aromatic N) is 1. The van der Waals surface area contributed by atoms with Crippen LogP contribution >= 0.6 is 22.9 Å². The molecule has 0 unspecified atom stereocenters. The number of benzene rings is 1. The Morgan fingerprint density at radius 2 is 1.84 bits per heavy atom. The molecule has 1 aliphatic carbocycles. The number of ketones is 2. The van der Waals surface area contributed by atoms with E-state index in [4.69, 9.17) is 11.6 Å². The molecule has 0 atom stereocenters. The van der Waals surface area contributed by atoms with E-state index in [0.717, 1.165) is 10.4 Å². The maximum atomic E-state index is 13.9. The zero-order valence-corrected chi connectivity index (χ0v) is 19.2. The summed E-state index contributed by atoms with van der Waals surface area (Å²) in [6.07, 6.45) is 3.89. The molecule has 0 amide bonds. The summed E-state index contributed by atoms with van der Waals surface area (Å²) in [5, 5.41) is 13.2. The van der Waals surface area contributed by atoms with Gasteiger partial charge in [0.15, 0.2) is 11.6 Å². The number of aromatic nitrogens is 2. The molecule has 3 aromatic heterocycles. The third kappa shape index (κ3) is 3.09. The summed E-state index contributed by atoms with van der Waals surface area (Å²) in [6, 6.07) is 10.3. The van der Waals surface area contributed by atoms with E-state index in [2.05, 4.69) is 9.97 Å². The molecule has 5 nitrogen and oxygen atoms in total. The highest BCUT2D eigenvalue weighted by Crippen LogP contribution is 2.50. The third-order valence-corrected chi connectivity index (χ3v) is 7.46. The van der Waals surface area contributed by atoms with Gasteiger partial charge >= 0.3 is 0 Å². The summed E-state index contributed by atoms with van der Waals surface area (Å²) in [5.74, 6) is -0.506. The number of pyridine rings is 1. The highest BCUT2D eigenvalue weighted by atomic mass is 35.5. The lowest BCUT2D eigenvalue weighted by atomic mass is 9.58. The van der Waals surface area contributed by atoms with Gasteiger partial charge in [0, 0.05) is 51.6 Å². The first-order valence-electron chi connectivity index (χ1n) is 10.3. The van der Waals surface area contributed by atoms with Gasteiger partial charge in [-0.25, -0.2) is 4.98 Å². The van der Waals surface area contributed by atoms with Crippen LogP contribution in [0.2, 0.25) is 5.02 Å². The van der Waals surface area contributed by atoms with Crippen LogP contribution in [0.4, 0.5) is 0 Å². The largest absolute Gasteiger partial charge is 0.508 e. The van der Waals surface area contributed by atoms with E-state index in [1.165, 1.54) is 18.2 Å². The summed E-state index contributed by atoms with van der Waals surface area (Å²) in [4.78, 5) is 36.5. The predicted octanol–water partition coefficient (Wildman–Crippen LogP) is 5.89. The molecule has 0 radical (unpaired) electrons. The minimum absolute atomic E-state index is 0.0496. The van der Waals surface area contributed by atoms with Crippen molar-refractivity contribution in [1.29, 1.82) is 0 Å². The lowest BCUT2D eigenvalue weighted by Crippen LogP contribution is -2.52. The van der Waals surface area contributed by atoms with Crippen molar-refractivity contribution < 1.29 is 14.7 Å². The van der Waals surface area contributed by atoms with Crippen LogP contribution in [0.3, 0.4) is 0 Å². The number of rotatable bonds is 3. The van der Waals surface area contributed by atoms with E-state index >= 15 is 0 Å². The Kier molecular flexibility index (Phi) is 4.76. The molecule has 2 N–H and O–H groups in total. The van der Waals surface area contributed by atoms with E-state index in [0.29, 0.717) is 22.2 Å². The minimum Gasteiger partial charge on any atom is -0.508 e. The predicted molar refractivity (Wildman–Crippen MR) is 126 cm³/mol. The van der Waals surface area contributed by atoms with E-state index in [1.807, 2.05) is 37.4 Å². The van der Waals surface area contributed by atoms with E-state index < -0.39 is 10.8 Å². The maximum absolute atomic E-state index is 13.9. The van der Waals surface area contributed by atoms with Crippen LogP contribution in [0.25, 0.3) is 21.5 Å². The fourth-order valence-corrected chi connectivity index (χ4v) is 5.76. The van der Waals surface area contributed by atoms with Crippen LogP contribution in [0, 0.1) is 5.41 Å². The Morgan fingerprint density at radius 3 is 2.53 bits per heavy atom. The molecule has 0 saturated heterocycles. The van der Waals surface area contributed by atoms with Crippen LogP contribution < -0.4 is 0 Å². The second-order valence-corrected chi connectivity index (χ2v) is 10.4. The third-order valence-electron chi connectivity index (χ3n) is 6.21. The number of halogens is 1. The number of phenols is 1. The molecule has 162 valence electrons. The van der Waals surface area contributed by atoms with Crippen LogP contribution in [-0.4, -0.2) is 26.6 Å². The smallest absolute Gasteiger partial charge is 0.155 e. The zero-order chi connectivity index (χ0) is 22.7. The number of thiophene rings is 1. The number of phenolic OH excluding ortho intramolecular Hbond substituents is 1. The van der Waals surface area contributed by atoms with Crippen molar-refractivity contribution in [3.8, 4) is 16.2 Å². The number of aromatic hydroxyl groups is 1. The molecule has 0 spiro atoms. The van der Waals surface area contributed by atoms with Crippen molar-refractivity contribution in [2.45, 2.75) is 32.1 Å². The van der Waals surface area contributed by atoms with Crippen molar-refractivity contribution in [3.63, 3.8) is 0 Å². The molecule has 1 aliphatic rings. The minimum atomic E-state index is -1.61. The lowest BCUT2D eigenvalue weighted by Gasteiger charge is -2.41. The normalized spacial score (nSPS) is 17.7. The monoisotopic (exact) mass is 464 g/mol. The number of H-pyrrole nitrogens is 1. The fourth-order valence-electron chi connectivity index (χ4n) is 4.79. The van der Waals surface area contributed by atoms with Gasteiger partial charge in [0.2, 0.25) is 0 Å². The summed E-state index contributed by atoms with van der Waals surface area (Å²) in [7, 11) is 0. The van der Waals surface area contributed by atoms with Gasteiger partial charge in [-0.1, -0.05) is 31.5 Å². The molecule has 4 aromatic rings. The Balaban J connectivity index is 1.83. The van der Waals surface area contributed by atoms with Crippen molar-refractivity contribution in [2.24, 2.45) is 5.41 Å². The maximum Gasteiger partial charge on any atom is 0.155 e. The summed E-state index contributed by atoms with van der Waals surface area (Å²) >= 11 is 8.15. The van der Waals surface area contributed by atoms with Gasteiger partial charge in [-0.2, -0.15) is 0 Å². The quantitative estimate of drug-likeness (QED) is 0.370. The van der Waals surface area contributed by atoms with E-state index in [1.54, 1.807) is 23.7 Å². The van der Waals surface area contributed by atoms with Crippen LogP contribution in [-0.2, 0) is 15.0 Å². The highest BCUT2D eigenvalue weighted by molar-refractivity contribution is 7.13.